The summed E-state index contributed by atoms with van der Waals surface area (Å²) in [6, 6.07) is 0.351. The van der Waals surface area contributed by atoms with E-state index in [-0.39, 0.29) is 0 Å². The summed E-state index contributed by atoms with van der Waals surface area (Å²) in [5, 5.41) is 13.7. The number of imidazole rings is 1. The van der Waals surface area contributed by atoms with Gasteiger partial charge in [0.2, 0.25) is 0 Å². The van der Waals surface area contributed by atoms with Gasteiger partial charge in [-0.05, 0) is 33.2 Å². The maximum Gasteiger partial charge on any atom is 0.138 e. The summed E-state index contributed by atoms with van der Waals surface area (Å²) in [5.74, 6) is 1.11. The molecule has 2 unspecified atom stereocenters. The van der Waals surface area contributed by atoms with Crippen LogP contribution in [0.4, 0.5) is 0 Å². The Balaban J connectivity index is 2.12. The van der Waals surface area contributed by atoms with Gasteiger partial charge in [-0.2, -0.15) is 0 Å². The molecule has 2 atom stereocenters. The first-order chi connectivity index (χ1) is 7.70. The highest BCUT2D eigenvalue weighted by molar-refractivity contribution is 5.00. The lowest BCUT2D eigenvalue weighted by atomic mass is 9.93. The Kier molecular flexibility index (Phi) is 3.61. The van der Waals surface area contributed by atoms with E-state index in [2.05, 4.69) is 28.7 Å². The molecule has 1 fully saturated rings. The van der Waals surface area contributed by atoms with Crippen LogP contribution in [0.15, 0.2) is 12.4 Å². The van der Waals surface area contributed by atoms with Gasteiger partial charge in [-0.15, -0.1) is 0 Å². The summed E-state index contributed by atoms with van der Waals surface area (Å²) in [7, 11) is 0. The molecule has 0 aliphatic carbocycles. The lowest BCUT2D eigenvalue weighted by Gasteiger charge is -2.28. The number of piperidine rings is 1. The summed E-state index contributed by atoms with van der Waals surface area (Å²) in [6.45, 7) is 6.18. The molecule has 2 N–H and O–H groups in total. The van der Waals surface area contributed by atoms with Crippen LogP contribution in [0, 0.1) is 5.92 Å². The van der Waals surface area contributed by atoms with Gasteiger partial charge in [0.05, 0.1) is 0 Å². The minimum Gasteiger partial charge on any atom is -0.385 e. The zero-order chi connectivity index (χ0) is 11.5. The number of hydrogen-bond donors (Lipinski definition) is 2. The van der Waals surface area contributed by atoms with E-state index >= 15 is 0 Å². The van der Waals surface area contributed by atoms with E-state index in [0.717, 1.165) is 31.8 Å². The lowest BCUT2D eigenvalue weighted by molar-refractivity contribution is 0.0799. The molecule has 0 saturated carbocycles. The van der Waals surface area contributed by atoms with Crippen LogP contribution >= 0.6 is 0 Å². The molecule has 90 valence electrons. The largest absolute Gasteiger partial charge is 0.385 e. The molecule has 0 radical (unpaired) electrons. The molecule has 4 nitrogen and oxygen atoms in total. The highest BCUT2D eigenvalue weighted by Gasteiger charge is 2.26. The molecule has 1 aromatic heterocycles. The van der Waals surface area contributed by atoms with Crippen LogP contribution in [0.5, 0.6) is 0 Å². The molecule has 16 heavy (non-hydrogen) atoms. The number of aliphatic hydroxyl groups is 1. The third-order valence-corrected chi connectivity index (χ3v) is 3.30. The van der Waals surface area contributed by atoms with Crippen molar-refractivity contribution in [1.82, 2.24) is 14.9 Å². The van der Waals surface area contributed by atoms with Crippen molar-refractivity contribution >= 4 is 0 Å². The van der Waals surface area contributed by atoms with Gasteiger partial charge in [0.15, 0.2) is 0 Å². The molecule has 0 spiro atoms. The molecule has 0 amide bonds. The topological polar surface area (TPSA) is 50.1 Å². The van der Waals surface area contributed by atoms with Crippen molar-refractivity contribution < 1.29 is 5.11 Å². The third kappa shape index (κ3) is 2.28. The van der Waals surface area contributed by atoms with Gasteiger partial charge in [-0.25, -0.2) is 4.98 Å². The fraction of sp³-hybridized carbons (Fsp3) is 0.750. The van der Waals surface area contributed by atoms with Crippen LogP contribution in [-0.2, 0) is 0 Å². The van der Waals surface area contributed by atoms with Gasteiger partial charge < -0.3 is 15.0 Å². The predicted octanol–water partition coefficient (Wildman–Crippen LogP) is 1.50. The van der Waals surface area contributed by atoms with Crippen molar-refractivity contribution in [3.63, 3.8) is 0 Å². The molecular formula is C12H21N3O. The zero-order valence-electron chi connectivity index (χ0n) is 10.1. The Labute approximate surface area is 96.7 Å². The minimum absolute atomic E-state index is 0.300. The Bertz CT molecular complexity index is 329. The smallest absolute Gasteiger partial charge is 0.138 e. The number of aliphatic hydroxyl groups excluding tert-OH is 1. The highest BCUT2D eigenvalue weighted by atomic mass is 16.3. The fourth-order valence-corrected chi connectivity index (χ4v) is 2.35. The molecular weight excluding hydrogens is 202 g/mol. The number of rotatable bonds is 3. The molecule has 2 heterocycles. The first-order valence-corrected chi connectivity index (χ1v) is 6.11. The molecule has 1 aliphatic rings. The predicted molar refractivity (Wildman–Crippen MR) is 63.2 cm³/mol. The van der Waals surface area contributed by atoms with E-state index in [4.69, 9.17) is 0 Å². The van der Waals surface area contributed by atoms with Crippen molar-refractivity contribution in [3.8, 4) is 0 Å². The first-order valence-electron chi connectivity index (χ1n) is 6.11. The zero-order valence-corrected chi connectivity index (χ0v) is 10.1. The summed E-state index contributed by atoms with van der Waals surface area (Å²) < 4.78 is 2.05. The van der Waals surface area contributed by atoms with E-state index in [1.54, 1.807) is 6.20 Å². The van der Waals surface area contributed by atoms with Crippen LogP contribution in [0.2, 0.25) is 0 Å². The van der Waals surface area contributed by atoms with Crippen molar-refractivity contribution in [1.29, 1.82) is 0 Å². The van der Waals surface area contributed by atoms with Gasteiger partial charge >= 0.3 is 0 Å². The van der Waals surface area contributed by atoms with Crippen LogP contribution in [-0.4, -0.2) is 27.7 Å². The van der Waals surface area contributed by atoms with Gasteiger partial charge in [0, 0.05) is 30.9 Å². The first kappa shape index (κ1) is 11.6. The Morgan fingerprint density at radius 1 is 1.56 bits per heavy atom. The molecule has 0 aromatic carbocycles. The standard InChI is InChI=1S/C12H21N3O/c1-9(2)15-7-6-14-12(15)11(16)10-4-3-5-13-8-10/h6-7,9-11,13,16H,3-5,8H2,1-2H3. The van der Waals surface area contributed by atoms with Crippen LogP contribution in [0.3, 0.4) is 0 Å². The maximum absolute atomic E-state index is 10.3. The molecule has 2 rings (SSSR count). The van der Waals surface area contributed by atoms with Crippen molar-refractivity contribution in [3.05, 3.63) is 18.2 Å². The summed E-state index contributed by atoms with van der Waals surface area (Å²) in [6.07, 6.45) is 5.50. The van der Waals surface area contributed by atoms with E-state index in [1.165, 1.54) is 0 Å². The molecule has 0 bridgehead atoms. The summed E-state index contributed by atoms with van der Waals surface area (Å²) >= 11 is 0. The molecule has 1 saturated heterocycles. The molecule has 1 aromatic rings. The van der Waals surface area contributed by atoms with Crippen molar-refractivity contribution in [2.75, 3.05) is 13.1 Å². The van der Waals surface area contributed by atoms with Crippen molar-refractivity contribution in [2.45, 2.75) is 38.8 Å². The van der Waals surface area contributed by atoms with Gasteiger partial charge in [0.1, 0.15) is 11.9 Å². The van der Waals surface area contributed by atoms with Gasteiger partial charge in [0.25, 0.3) is 0 Å². The van der Waals surface area contributed by atoms with E-state index in [9.17, 15) is 5.11 Å². The van der Waals surface area contributed by atoms with Crippen LogP contribution in [0.1, 0.15) is 44.7 Å². The molecule has 1 aliphatic heterocycles. The van der Waals surface area contributed by atoms with Crippen molar-refractivity contribution in [2.24, 2.45) is 5.92 Å². The van der Waals surface area contributed by atoms with Gasteiger partial charge in [-0.1, -0.05) is 0 Å². The summed E-state index contributed by atoms with van der Waals surface area (Å²) in [4.78, 5) is 4.30. The van der Waals surface area contributed by atoms with Gasteiger partial charge in [-0.3, -0.25) is 0 Å². The SMILES string of the molecule is CC(C)n1ccnc1C(O)C1CCCNC1. The highest BCUT2D eigenvalue weighted by Crippen LogP contribution is 2.27. The Hall–Kier alpha value is -0.870. The number of hydrogen-bond acceptors (Lipinski definition) is 3. The second-order valence-corrected chi connectivity index (χ2v) is 4.84. The average molecular weight is 223 g/mol. The normalized spacial score (nSPS) is 23.6. The monoisotopic (exact) mass is 223 g/mol. The fourth-order valence-electron chi connectivity index (χ4n) is 2.35. The Morgan fingerprint density at radius 3 is 3.00 bits per heavy atom. The van der Waals surface area contributed by atoms with E-state index in [0.29, 0.717) is 12.0 Å². The van der Waals surface area contributed by atoms with Crippen LogP contribution in [0.25, 0.3) is 0 Å². The number of nitrogens with zero attached hydrogens (tertiary/aromatic N) is 2. The Morgan fingerprint density at radius 2 is 2.38 bits per heavy atom. The number of aromatic nitrogens is 2. The third-order valence-electron chi connectivity index (χ3n) is 3.30. The quantitative estimate of drug-likeness (QED) is 0.816. The number of nitrogens with one attached hydrogen (secondary N) is 1. The summed E-state index contributed by atoms with van der Waals surface area (Å²) in [5.41, 5.74) is 0. The van der Waals surface area contributed by atoms with Crippen LogP contribution < -0.4 is 5.32 Å². The lowest BCUT2D eigenvalue weighted by Crippen LogP contribution is -2.34. The van der Waals surface area contributed by atoms with E-state index < -0.39 is 6.10 Å². The molecule has 4 heteroatoms. The second kappa shape index (κ2) is 4.97. The maximum atomic E-state index is 10.3. The van der Waals surface area contributed by atoms with E-state index in [1.807, 2.05) is 6.20 Å². The second-order valence-electron chi connectivity index (χ2n) is 4.84. The minimum atomic E-state index is -0.440. The average Bonchev–Trinajstić information content (AvgIpc) is 2.78.